The van der Waals surface area contributed by atoms with Crippen LogP contribution in [0.5, 0.6) is 0 Å². The summed E-state index contributed by atoms with van der Waals surface area (Å²) in [6.45, 7) is 46.0. The van der Waals surface area contributed by atoms with Crippen molar-refractivity contribution in [2.45, 2.75) is 275 Å². The molecule has 21 fully saturated rings. The third-order valence-corrected chi connectivity index (χ3v) is 20.2. The molecule has 0 saturated carbocycles. The Balaban J connectivity index is 1.02. The van der Waals surface area contributed by atoms with Crippen LogP contribution < -0.4 is 0 Å². The number of rotatable bonds is 0. The molecule has 0 aromatic heterocycles. The van der Waals surface area contributed by atoms with Crippen LogP contribution in [0.2, 0.25) is 0 Å². The normalized spacial score (nSPS) is 59.7. The lowest BCUT2D eigenvalue weighted by molar-refractivity contribution is -0.364. The van der Waals surface area contributed by atoms with Gasteiger partial charge in [0.15, 0.2) is 44.0 Å². The summed E-state index contributed by atoms with van der Waals surface area (Å²) in [5.41, 5.74) is 0. The van der Waals surface area contributed by atoms with Gasteiger partial charge >= 0.3 is 0 Å². The first-order valence-electron chi connectivity index (χ1n) is 28.1. The third kappa shape index (κ3) is 10.6. The van der Waals surface area contributed by atoms with Crippen molar-refractivity contribution < 1.29 is 66.3 Å². The lowest BCUT2D eigenvalue weighted by Crippen LogP contribution is -2.59. The lowest BCUT2D eigenvalue weighted by atomic mass is 9.81. The zero-order chi connectivity index (χ0) is 51.1. The summed E-state index contributed by atoms with van der Waals surface area (Å²) in [4.78, 5) is 0. The van der Waals surface area contributed by atoms with E-state index in [1.807, 2.05) is 0 Å². The molecule has 14 heteroatoms. The van der Waals surface area contributed by atoms with Crippen LogP contribution in [0.4, 0.5) is 0 Å². The molecular formula is C56H98O14. The van der Waals surface area contributed by atoms with Gasteiger partial charge in [0.2, 0.25) is 0 Å². The first-order valence-corrected chi connectivity index (χ1v) is 28.1. The van der Waals surface area contributed by atoms with Crippen molar-refractivity contribution in [3.63, 3.8) is 0 Å². The Labute approximate surface area is 422 Å². The van der Waals surface area contributed by atoms with E-state index in [4.69, 9.17) is 66.3 Å². The van der Waals surface area contributed by atoms with E-state index < -0.39 is 44.0 Å². The molecule has 0 spiro atoms. The second-order valence-electron chi connectivity index (χ2n) is 24.7. The molecule has 0 radical (unpaired) electrons. The lowest BCUT2D eigenvalue weighted by Gasteiger charge is -2.51. The number of hydrogen-bond donors (Lipinski definition) is 0. The van der Waals surface area contributed by atoms with Gasteiger partial charge in [0.25, 0.3) is 0 Å². The molecule has 21 aliphatic rings. The topological polar surface area (TPSA) is 129 Å². The van der Waals surface area contributed by atoms with Gasteiger partial charge in [-0.15, -0.1) is 0 Å². The zero-order valence-corrected chi connectivity index (χ0v) is 46.9. The summed E-state index contributed by atoms with van der Waals surface area (Å²) < 4.78 is 96.1. The predicted octanol–water partition coefficient (Wildman–Crippen LogP) is 9.82. The fourth-order valence-electron chi connectivity index (χ4n) is 13.5. The largest absolute Gasteiger partial charge is 0.347 e. The molecule has 14 unspecified atom stereocenters. The summed E-state index contributed by atoms with van der Waals surface area (Å²) >= 11 is 0. The van der Waals surface area contributed by atoms with Crippen molar-refractivity contribution in [2.75, 3.05) is 0 Å². The Bertz CT molecular complexity index is 1360. The zero-order valence-electron chi connectivity index (χ0n) is 46.9. The molecule has 21 saturated heterocycles. The van der Waals surface area contributed by atoms with E-state index >= 15 is 0 Å². The molecule has 21 aliphatic heterocycles. The van der Waals surface area contributed by atoms with E-state index in [1.165, 1.54) is 0 Å². The summed E-state index contributed by atoms with van der Waals surface area (Å²) in [6, 6.07) is 0. The van der Waals surface area contributed by atoms with Gasteiger partial charge in [-0.05, 0) is 89.9 Å². The Morgan fingerprint density at radius 3 is 0.329 bits per heavy atom. The number of ether oxygens (including phenoxy) is 14. The maximum Gasteiger partial charge on any atom is 0.161 e. The van der Waals surface area contributed by atoms with E-state index in [0.29, 0.717) is 0 Å². The third-order valence-electron chi connectivity index (χ3n) is 20.2. The van der Waals surface area contributed by atoms with Gasteiger partial charge in [-0.2, -0.15) is 0 Å². The standard InChI is InChI=1S/C56H98O14/c1-22-29(8)50-57-36(15)43(22)64-51-30(9)23(2)45(38(17)58-51)66-53-32(11)25(4)47(40(19)60-53)68-55-34(13)27(6)49(42(21)62-55)70-56-35(14)28(7)48(41(20)63-56)69-54-33(12)26(5)46(39(18)61-54)67-52-31(10)24(3)44(65-50)37(16)59-52/h22-56H,1-21H3/t22-,23-,24-,25-,26-,27-,28-,29?,30?,31?,32?,33?,34?,35?,36?,37?,38?,39?,40?,41?,42?,43-,44-,45-,46-,47-,48-,49-,50-,51+,52+,53+,54+,55+,56+/m1/s1. The average molecular weight is 995 g/mol. The van der Waals surface area contributed by atoms with Crippen LogP contribution in [0.15, 0.2) is 0 Å². The second-order valence-corrected chi connectivity index (χ2v) is 24.7. The first kappa shape index (κ1) is 55.7. The highest BCUT2D eigenvalue weighted by Gasteiger charge is 2.54. The van der Waals surface area contributed by atoms with Gasteiger partial charge < -0.3 is 66.3 Å². The molecule has 21 heterocycles. The first-order chi connectivity index (χ1) is 32.9. The Hall–Kier alpha value is -0.560. The van der Waals surface area contributed by atoms with Crippen LogP contribution >= 0.6 is 0 Å². The van der Waals surface area contributed by atoms with Crippen LogP contribution in [-0.2, 0) is 66.3 Å². The average Bonchev–Trinajstić information content (AvgIpc) is 3.31. The van der Waals surface area contributed by atoms with Gasteiger partial charge in [0.1, 0.15) is 0 Å². The van der Waals surface area contributed by atoms with E-state index in [0.717, 1.165) is 0 Å². The van der Waals surface area contributed by atoms with E-state index in [-0.39, 0.29) is 168 Å². The monoisotopic (exact) mass is 995 g/mol. The Kier molecular flexibility index (Phi) is 17.6. The van der Waals surface area contributed by atoms with E-state index in [1.54, 1.807) is 0 Å². The van der Waals surface area contributed by atoms with Crippen molar-refractivity contribution in [1.82, 2.24) is 0 Å². The fraction of sp³-hybridized carbons (Fsp3) is 1.00. The van der Waals surface area contributed by atoms with Gasteiger partial charge in [-0.1, -0.05) is 96.9 Å². The molecule has 14 bridgehead atoms. The van der Waals surface area contributed by atoms with Crippen molar-refractivity contribution >= 4 is 0 Å². The van der Waals surface area contributed by atoms with Crippen molar-refractivity contribution in [3.8, 4) is 0 Å². The molecule has 70 heavy (non-hydrogen) atoms. The maximum atomic E-state index is 6.97. The van der Waals surface area contributed by atoms with Crippen LogP contribution in [0.3, 0.4) is 0 Å². The van der Waals surface area contributed by atoms with Gasteiger partial charge in [-0.25, -0.2) is 0 Å². The van der Waals surface area contributed by atoms with E-state index in [9.17, 15) is 0 Å². The van der Waals surface area contributed by atoms with Crippen molar-refractivity contribution in [1.29, 1.82) is 0 Å². The number of hydrogen-bond acceptors (Lipinski definition) is 14. The highest BCUT2D eigenvalue weighted by Crippen LogP contribution is 2.46. The molecule has 14 nitrogen and oxygen atoms in total. The quantitative estimate of drug-likeness (QED) is 0.228. The second kappa shape index (κ2) is 22.2. The van der Waals surface area contributed by atoms with Crippen LogP contribution in [0.1, 0.15) is 145 Å². The summed E-state index contributed by atoms with van der Waals surface area (Å²) in [5, 5.41) is 0. The van der Waals surface area contributed by atoms with Crippen LogP contribution in [0, 0.1) is 82.9 Å². The van der Waals surface area contributed by atoms with Crippen LogP contribution in [0.25, 0.3) is 0 Å². The van der Waals surface area contributed by atoms with Crippen molar-refractivity contribution in [2.24, 2.45) is 82.9 Å². The van der Waals surface area contributed by atoms with Gasteiger partial charge in [0.05, 0.1) is 85.5 Å². The predicted molar refractivity (Wildman–Crippen MR) is 263 cm³/mol. The summed E-state index contributed by atoms with van der Waals surface area (Å²) in [7, 11) is 0. The van der Waals surface area contributed by atoms with Crippen LogP contribution in [-0.4, -0.2) is 129 Å². The Morgan fingerprint density at radius 1 is 0.129 bits per heavy atom. The summed E-state index contributed by atoms with van der Waals surface area (Å²) in [6.07, 6.45) is -5.78. The fourth-order valence-corrected chi connectivity index (χ4v) is 13.5. The van der Waals surface area contributed by atoms with E-state index in [2.05, 4.69) is 145 Å². The summed E-state index contributed by atoms with van der Waals surface area (Å²) in [5.74, 6) is 1.37. The molecule has 0 aromatic rings. The molecule has 0 amide bonds. The SMILES string of the molecule is CC1[C@@H]2OC(C)[C@H](O[C@@H]3OC(C)[C@H](O[C@@H]4OC(C)[C@H](O[C@@H]5OC(C)[C@H](O[C@@H]6OC(C)[C@H](O[C@@H]7OC(C)[C@H](O[C@@H]8OC(C)[C@H](O2)[C@H](C)C8C)[C@H](C)C7C)[C@H](C)C6C)[C@H](C)C5C)[C@H](C)C4C)[C@H](C)C3C)[C@@H]1C. The maximum absolute atomic E-state index is 6.97. The minimum Gasteiger partial charge on any atom is -0.347 e. The molecular weight excluding hydrogens is 897 g/mol. The van der Waals surface area contributed by atoms with Gasteiger partial charge in [-0.3, -0.25) is 0 Å². The smallest absolute Gasteiger partial charge is 0.161 e. The molecule has 0 aromatic carbocycles. The highest BCUT2D eigenvalue weighted by molar-refractivity contribution is 4.96. The molecule has 0 aliphatic carbocycles. The molecule has 0 N–H and O–H groups in total. The molecule has 21 rings (SSSR count). The minimum atomic E-state index is -0.419. The van der Waals surface area contributed by atoms with Gasteiger partial charge in [0, 0.05) is 41.4 Å². The Morgan fingerprint density at radius 2 is 0.229 bits per heavy atom. The molecule has 406 valence electrons. The highest BCUT2D eigenvalue weighted by atomic mass is 16.8. The molecule has 35 atom stereocenters. The minimum absolute atomic E-state index is 0.0576. The van der Waals surface area contributed by atoms with Crippen molar-refractivity contribution in [3.05, 3.63) is 0 Å².